The maximum atomic E-state index is 11.7. The summed E-state index contributed by atoms with van der Waals surface area (Å²) in [5.74, 6) is 0.303. The summed E-state index contributed by atoms with van der Waals surface area (Å²) in [5.41, 5.74) is 1.20. The molecule has 1 heterocycles. The van der Waals surface area contributed by atoms with E-state index in [4.69, 9.17) is 0 Å². The van der Waals surface area contributed by atoms with Crippen LogP contribution in [-0.4, -0.2) is 22.9 Å². The number of amides is 1. The Balaban J connectivity index is 2.17. The molecule has 0 aromatic heterocycles. The van der Waals surface area contributed by atoms with Crippen LogP contribution < -0.4 is 0 Å². The standard InChI is InChI=1S/C12H17NO/c1-10(2)9-13-11(14)5-8-12(13)6-3-4-7-12/h3-4H,1,5-9H2,2H3. The van der Waals surface area contributed by atoms with E-state index in [-0.39, 0.29) is 5.54 Å². The molecule has 2 rings (SSSR count). The second-order valence-electron chi connectivity index (χ2n) is 4.54. The highest BCUT2D eigenvalue weighted by atomic mass is 16.2. The molecule has 2 aliphatic rings. The first-order valence-electron chi connectivity index (χ1n) is 5.24. The molecule has 0 radical (unpaired) electrons. The maximum absolute atomic E-state index is 11.7. The fourth-order valence-electron chi connectivity index (χ4n) is 2.51. The third kappa shape index (κ3) is 1.39. The highest BCUT2D eigenvalue weighted by Crippen LogP contribution is 2.40. The van der Waals surface area contributed by atoms with Crippen molar-refractivity contribution in [2.45, 2.75) is 38.1 Å². The minimum Gasteiger partial charge on any atom is -0.332 e. The SMILES string of the molecule is C=C(C)CN1C(=O)CCC12CC=CC2. The van der Waals surface area contributed by atoms with Crippen LogP contribution in [0.2, 0.25) is 0 Å². The van der Waals surface area contributed by atoms with Gasteiger partial charge in [-0.05, 0) is 26.2 Å². The fourth-order valence-corrected chi connectivity index (χ4v) is 2.51. The molecular weight excluding hydrogens is 174 g/mol. The van der Waals surface area contributed by atoms with Crippen LogP contribution in [0.15, 0.2) is 24.3 Å². The number of nitrogens with zero attached hydrogens (tertiary/aromatic N) is 1. The van der Waals surface area contributed by atoms with Crippen molar-refractivity contribution >= 4 is 5.91 Å². The Morgan fingerprint density at radius 1 is 1.57 bits per heavy atom. The van der Waals surface area contributed by atoms with Crippen LogP contribution >= 0.6 is 0 Å². The lowest BCUT2D eigenvalue weighted by Crippen LogP contribution is -2.44. The van der Waals surface area contributed by atoms with Gasteiger partial charge in [0.05, 0.1) is 5.54 Å². The Hall–Kier alpha value is -1.05. The Kier molecular flexibility index (Phi) is 2.22. The van der Waals surface area contributed by atoms with Gasteiger partial charge in [-0.2, -0.15) is 0 Å². The van der Waals surface area contributed by atoms with Gasteiger partial charge in [-0.3, -0.25) is 4.79 Å². The predicted octanol–water partition coefficient (Wildman–Crippen LogP) is 2.27. The Bertz CT molecular complexity index is 295. The van der Waals surface area contributed by atoms with Crippen molar-refractivity contribution in [1.82, 2.24) is 4.90 Å². The summed E-state index contributed by atoms with van der Waals surface area (Å²) in [7, 11) is 0. The van der Waals surface area contributed by atoms with Gasteiger partial charge >= 0.3 is 0 Å². The number of likely N-dealkylation sites (tertiary alicyclic amines) is 1. The van der Waals surface area contributed by atoms with Crippen LogP contribution in [0, 0.1) is 0 Å². The minimum atomic E-state index is 0.121. The molecule has 0 saturated carbocycles. The van der Waals surface area contributed by atoms with E-state index < -0.39 is 0 Å². The van der Waals surface area contributed by atoms with Crippen LogP contribution in [0.25, 0.3) is 0 Å². The van der Waals surface area contributed by atoms with E-state index >= 15 is 0 Å². The van der Waals surface area contributed by atoms with Crippen molar-refractivity contribution in [2.24, 2.45) is 0 Å². The zero-order chi connectivity index (χ0) is 10.2. The fraction of sp³-hybridized carbons (Fsp3) is 0.583. The molecule has 0 aromatic carbocycles. The first kappa shape index (κ1) is 9.50. The van der Waals surface area contributed by atoms with E-state index in [0.717, 1.165) is 37.8 Å². The minimum absolute atomic E-state index is 0.121. The van der Waals surface area contributed by atoms with Crippen LogP contribution in [0.5, 0.6) is 0 Å². The van der Waals surface area contributed by atoms with Gasteiger partial charge in [0, 0.05) is 13.0 Å². The van der Waals surface area contributed by atoms with Crippen molar-refractivity contribution in [1.29, 1.82) is 0 Å². The molecule has 2 nitrogen and oxygen atoms in total. The van der Waals surface area contributed by atoms with Crippen LogP contribution in [0.3, 0.4) is 0 Å². The van der Waals surface area contributed by atoms with Crippen molar-refractivity contribution in [3.8, 4) is 0 Å². The number of hydrogen-bond donors (Lipinski definition) is 0. The first-order chi connectivity index (χ1) is 6.64. The molecule has 1 aliphatic heterocycles. The summed E-state index contributed by atoms with van der Waals surface area (Å²) in [6.07, 6.45) is 8.20. The quantitative estimate of drug-likeness (QED) is 0.613. The molecular formula is C12H17NO. The molecule has 0 atom stereocenters. The Morgan fingerprint density at radius 3 is 2.79 bits per heavy atom. The summed E-state index contributed by atoms with van der Waals surface area (Å²) in [4.78, 5) is 13.8. The Morgan fingerprint density at radius 2 is 2.21 bits per heavy atom. The van der Waals surface area contributed by atoms with E-state index in [1.54, 1.807) is 0 Å². The largest absolute Gasteiger partial charge is 0.332 e. The summed E-state index contributed by atoms with van der Waals surface area (Å²) in [5, 5.41) is 0. The van der Waals surface area contributed by atoms with Gasteiger partial charge < -0.3 is 4.90 Å². The first-order valence-corrected chi connectivity index (χ1v) is 5.24. The van der Waals surface area contributed by atoms with Gasteiger partial charge in [0.25, 0.3) is 0 Å². The highest BCUT2D eigenvalue weighted by Gasteiger charge is 2.44. The summed E-state index contributed by atoms with van der Waals surface area (Å²) >= 11 is 0. The molecule has 1 fully saturated rings. The van der Waals surface area contributed by atoms with Gasteiger partial charge in [0.1, 0.15) is 0 Å². The van der Waals surface area contributed by atoms with E-state index in [1.807, 2.05) is 11.8 Å². The number of hydrogen-bond acceptors (Lipinski definition) is 1. The van der Waals surface area contributed by atoms with Gasteiger partial charge in [0.15, 0.2) is 0 Å². The van der Waals surface area contributed by atoms with Crippen LogP contribution in [0.4, 0.5) is 0 Å². The topological polar surface area (TPSA) is 20.3 Å². The number of carbonyl (C=O) groups is 1. The molecule has 2 heteroatoms. The lowest BCUT2D eigenvalue weighted by molar-refractivity contribution is -0.130. The van der Waals surface area contributed by atoms with Crippen molar-refractivity contribution in [2.75, 3.05) is 6.54 Å². The highest BCUT2D eigenvalue weighted by molar-refractivity contribution is 5.80. The lowest BCUT2D eigenvalue weighted by atomic mass is 9.93. The average Bonchev–Trinajstić information content (AvgIpc) is 2.69. The predicted molar refractivity (Wildman–Crippen MR) is 56.9 cm³/mol. The second kappa shape index (κ2) is 3.26. The van der Waals surface area contributed by atoms with Crippen molar-refractivity contribution in [3.05, 3.63) is 24.3 Å². The van der Waals surface area contributed by atoms with E-state index in [2.05, 4.69) is 18.7 Å². The van der Waals surface area contributed by atoms with Crippen LogP contribution in [0.1, 0.15) is 32.6 Å². The molecule has 0 unspecified atom stereocenters. The van der Waals surface area contributed by atoms with Crippen LogP contribution in [-0.2, 0) is 4.79 Å². The van der Waals surface area contributed by atoms with Crippen molar-refractivity contribution < 1.29 is 4.79 Å². The van der Waals surface area contributed by atoms with Gasteiger partial charge in [-0.25, -0.2) is 0 Å². The molecule has 0 aromatic rings. The number of carbonyl (C=O) groups excluding carboxylic acids is 1. The molecule has 1 aliphatic carbocycles. The summed E-state index contributed by atoms with van der Waals surface area (Å²) in [6, 6.07) is 0. The maximum Gasteiger partial charge on any atom is 0.223 e. The third-order valence-electron chi connectivity index (χ3n) is 3.27. The lowest BCUT2D eigenvalue weighted by Gasteiger charge is -2.35. The second-order valence-corrected chi connectivity index (χ2v) is 4.54. The molecule has 14 heavy (non-hydrogen) atoms. The monoisotopic (exact) mass is 191 g/mol. The van der Waals surface area contributed by atoms with Gasteiger partial charge in [-0.1, -0.05) is 24.3 Å². The van der Waals surface area contributed by atoms with E-state index in [9.17, 15) is 4.79 Å². The van der Waals surface area contributed by atoms with Crippen molar-refractivity contribution in [3.63, 3.8) is 0 Å². The summed E-state index contributed by atoms with van der Waals surface area (Å²) < 4.78 is 0. The molecule has 1 amide bonds. The molecule has 1 spiro atoms. The molecule has 0 bridgehead atoms. The number of rotatable bonds is 2. The zero-order valence-electron chi connectivity index (χ0n) is 8.75. The average molecular weight is 191 g/mol. The smallest absolute Gasteiger partial charge is 0.223 e. The zero-order valence-corrected chi connectivity index (χ0v) is 8.75. The Labute approximate surface area is 85.3 Å². The molecule has 0 N–H and O–H groups in total. The third-order valence-corrected chi connectivity index (χ3v) is 3.27. The molecule has 1 saturated heterocycles. The van der Waals surface area contributed by atoms with Gasteiger partial charge in [0.2, 0.25) is 5.91 Å². The normalized spacial score (nSPS) is 23.8. The molecule has 76 valence electrons. The van der Waals surface area contributed by atoms with E-state index in [1.165, 1.54) is 0 Å². The summed E-state index contributed by atoms with van der Waals surface area (Å²) in [6.45, 7) is 6.62. The van der Waals surface area contributed by atoms with Gasteiger partial charge in [-0.15, -0.1) is 0 Å². The van der Waals surface area contributed by atoms with E-state index in [0.29, 0.717) is 5.91 Å².